The molecule has 1 fully saturated rings. The summed E-state index contributed by atoms with van der Waals surface area (Å²) >= 11 is 2.86. The monoisotopic (exact) mass is 193 g/mol. The fraction of sp³-hybridized carbons (Fsp3) is 0.429. The van der Waals surface area contributed by atoms with Crippen LogP contribution in [0.5, 0.6) is 0 Å². The van der Waals surface area contributed by atoms with Crippen LogP contribution in [0.15, 0.2) is 21.2 Å². The lowest BCUT2D eigenvalue weighted by molar-refractivity contribution is 0.490. The summed E-state index contributed by atoms with van der Waals surface area (Å²) in [5.74, 6) is -2.70. The Bertz CT molecular complexity index is 452. The molecule has 0 bridgehead atoms. The number of hydrogen-bond acceptors (Lipinski definition) is 1. The standard InChI is InChI=1S/C7H7BrO/c8-7-4-3-6(9-7)5-1-2-5/h3-5H,1-2H2/i1D2,2D2,3D,4D,5D. The molecule has 0 atom stereocenters. The first-order valence-electron chi connectivity index (χ1n) is 5.85. The minimum Gasteiger partial charge on any atom is -0.454 e. The number of furan rings is 1. The fourth-order valence-corrected chi connectivity index (χ4v) is 0.766. The Balaban J connectivity index is 2.60. The summed E-state index contributed by atoms with van der Waals surface area (Å²) in [5.41, 5.74) is 0. The highest BCUT2D eigenvalue weighted by atomic mass is 79.9. The molecule has 0 aromatic carbocycles. The van der Waals surface area contributed by atoms with Gasteiger partial charge in [0.1, 0.15) is 5.76 Å². The van der Waals surface area contributed by atoms with Crippen LogP contribution >= 0.6 is 15.9 Å². The Morgan fingerprint density at radius 2 is 2.67 bits per heavy atom. The van der Waals surface area contributed by atoms with Crippen LogP contribution in [0.25, 0.3) is 0 Å². The Kier molecular flexibility index (Phi) is 0.391. The van der Waals surface area contributed by atoms with Crippen LogP contribution in [0.2, 0.25) is 0 Å². The van der Waals surface area contributed by atoms with Gasteiger partial charge in [-0.2, -0.15) is 0 Å². The van der Waals surface area contributed by atoms with Gasteiger partial charge in [-0.1, -0.05) is 0 Å². The highest BCUT2D eigenvalue weighted by molar-refractivity contribution is 9.10. The first-order valence-corrected chi connectivity index (χ1v) is 3.14. The van der Waals surface area contributed by atoms with Gasteiger partial charge in [0.25, 0.3) is 0 Å². The molecule has 0 radical (unpaired) electrons. The SMILES string of the molecule is [2H]c1c(Br)oc(C2([2H])C([2H])([2H])C2([2H])[2H])c1[2H]. The van der Waals surface area contributed by atoms with Crippen molar-refractivity contribution < 1.29 is 14.0 Å². The average molecular weight is 194 g/mol. The van der Waals surface area contributed by atoms with Gasteiger partial charge in [0, 0.05) is 12.7 Å². The van der Waals surface area contributed by atoms with E-state index < -0.39 is 30.4 Å². The van der Waals surface area contributed by atoms with E-state index in [-0.39, 0.29) is 10.7 Å². The van der Waals surface area contributed by atoms with Crippen LogP contribution in [0.3, 0.4) is 0 Å². The molecule has 1 saturated carbocycles. The molecule has 0 aliphatic heterocycles. The van der Waals surface area contributed by atoms with Crippen LogP contribution in [-0.4, -0.2) is 0 Å². The smallest absolute Gasteiger partial charge is 0.169 e. The third-order valence-corrected chi connectivity index (χ3v) is 1.30. The maximum Gasteiger partial charge on any atom is 0.169 e. The third kappa shape index (κ3) is 1.04. The van der Waals surface area contributed by atoms with Crippen molar-refractivity contribution in [2.24, 2.45) is 0 Å². The van der Waals surface area contributed by atoms with Gasteiger partial charge >= 0.3 is 0 Å². The number of halogens is 1. The van der Waals surface area contributed by atoms with Crippen molar-refractivity contribution in [2.45, 2.75) is 18.6 Å². The summed E-state index contributed by atoms with van der Waals surface area (Å²) < 4.78 is 57.1. The largest absolute Gasteiger partial charge is 0.454 e. The van der Waals surface area contributed by atoms with Gasteiger partial charge in [-0.15, -0.1) is 0 Å². The van der Waals surface area contributed by atoms with Gasteiger partial charge < -0.3 is 4.42 Å². The van der Waals surface area contributed by atoms with E-state index in [2.05, 4.69) is 15.9 Å². The summed E-state index contributed by atoms with van der Waals surface area (Å²) in [6.45, 7) is 0. The molecular formula is C7H7BrO. The van der Waals surface area contributed by atoms with E-state index in [0.29, 0.717) is 0 Å². The number of rotatable bonds is 1. The maximum atomic E-state index is 7.77. The molecule has 1 aliphatic rings. The Morgan fingerprint density at radius 3 is 3.11 bits per heavy atom. The van der Waals surface area contributed by atoms with Crippen molar-refractivity contribution in [3.8, 4) is 0 Å². The van der Waals surface area contributed by atoms with Gasteiger partial charge in [-0.3, -0.25) is 0 Å². The molecule has 1 nitrogen and oxygen atoms in total. The van der Waals surface area contributed by atoms with Gasteiger partial charge in [0.05, 0.1) is 2.74 Å². The molecular weight excluding hydrogens is 180 g/mol. The van der Waals surface area contributed by atoms with E-state index in [1.54, 1.807) is 0 Å². The first-order chi connectivity index (χ1) is 7.09. The summed E-state index contributed by atoms with van der Waals surface area (Å²) in [6, 6.07) is -0.757. The topological polar surface area (TPSA) is 13.1 Å². The Morgan fingerprint density at radius 1 is 1.89 bits per heavy atom. The van der Waals surface area contributed by atoms with Crippen molar-refractivity contribution >= 4 is 15.9 Å². The fourth-order valence-electron chi connectivity index (χ4n) is 0.505. The second kappa shape index (κ2) is 1.87. The van der Waals surface area contributed by atoms with Crippen molar-refractivity contribution in [1.82, 2.24) is 0 Å². The van der Waals surface area contributed by atoms with Crippen molar-refractivity contribution in [2.75, 3.05) is 0 Å². The lowest BCUT2D eigenvalue weighted by Crippen LogP contribution is -1.66. The minimum absolute atomic E-state index is 0.0855. The predicted molar refractivity (Wildman–Crippen MR) is 38.4 cm³/mol. The lowest BCUT2D eigenvalue weighted by Gasteiger charge is -1.84. The maximum absolute atomic E-state index is 7.77. The molecule has 1 heterocycles. The van der Waals surface area contributed by atoms with E-state index >= 15 is 0 Å². The molecule has 0 amide bonds. The summed E-state index contributed by atoms with van der Waals surface area (Å²) in [6.07, 6.45) is -4.83. The molecule has 1 aromatic heterocycles. The van der Waals surface area contributed by atoms with E-state index in [1.165, 1.54) is 0 Å². The van der Waals surface area contributed by atoms with Crippen LogP contribution in [0.1, 0.15) is 34.0 Å². The molecule has 2 heteroatoms. The van der Waals surface area contributed by atoms with E-state index in [9.17, 15) is 0 Å². The zero-order valence-corrected chi connectivity index (χ0v) is 5.87. The quantitative estimate of drug-likeness (QED) is 0.669. The van der Waals surface area contributed by atoms with Crippen molar-refractivity contribution in [1.29, 1.82) is 0 Å². The van der Waals surface area contributed by atoms with Crippen molar-refractivity contribution in [3.63, 3.8) is 0 Å². The zero-order valence-electron chi connectivity index (χ0n) is 11.3. The van der Waals surface area contributed by atoms with Crippen LogP contribution in [0.4, 0.5) is 0 Å². The molecule has 48 valence electrons. The Labute approximate surface area is 72.0 Å². The lowest BCUT2D eigenvalue weighted by atomic mass is 10.3. The zero-order chi connectivity index (χ0) is 12.5. The second-order valence-electron chi connectivity index (χ2n) is 1.58. The van der Waals surface area contributed by atoms with Gasteiger partial charge in [-0.25, -0.2) is 0 Å². The van der Waals surface area contributed by atoms with Gasteiger partial charge in [-0.05, 0) is 40.8 Å². The van der Waals surface area contributed by atoms with E-state index in [0.717, 1.165) is 0 Å². The second-order valence-corrected chi connectivity index (χ2v) is 2.30. The molecule has 2 rings (SSSR count). The first kappa shape index (κ1) is 1.88. The van der Waals surface area contributed by atoms with Crippen LogP contribution in [0, 0.1) is 0 Å². The van der Waals surface area contributed by atoms with Gasteiger partial charge in [0.2, 0.25) is 0 Å². The van der Waals surface area contributed by atoms with Crippen molar-refractivity contribution in [3.05, 3.63) is 22.5 Å². The molecule has 0 N–H and O–H groups in total. The molecule has 0 spiro atoms. The van der Waals surface area contributed by atoms with E-state index in [4.69, 9.17) is 14.0 Å². The number of hydrogen-bond donors (Lipinski definition) is 0. The molecule has 9 heavy (non-hydrogen) atoms. The summed E-state index contributed by atoms with van der Waals surface area (Å²) in [7, 11) is 0. The molecule has 1 aromatic rings. The van der Waals surface area contributed by atoms with Gasteiger partial charge in [0.15, 0.2) is 4.67 Å². The molecule has 0 unspecified atom stereocenters. The molecule has 0 saturated heterocycles. The Hall–Kier alpha value is -0.240. The van der Waals surface area contributed by atoms with Crippen LogP contribution < -0.4 is 0 Å². The third-order valence-electron chi connectivity index (χ3n) is 0.943. The summed E-state index contributed by atoms with van der Waals surface area (Å²) in [5, 5.41) is 0. The average Bonchev–Trinajstić information content (AvgIpc) is 2.43. The highest BCUT2D eigenvalue weighted by Crippen LogP contribution is 2.41. The predicted octanol–water partition coefficient (Wildman–Crippen LogP) is 2.92. The highest BCUT2D eigenvalue weighted by Gasteiger charge is 2.26. The summed E-state index contributed by atoms with van der Waals surface area (Å²) in [4.78, 5) is 0. The minimum atomic E-state index is -2.42. The molecule has 1 aliphatic carbocycles. The normalized spacial score (nSPS) is 44.3. The van der Waals surface area contributed by atoms with Crippen LogP contribution in [-0.2, 0) is 0 Å². The van der Waals surface area contributed by atoms with E-state index in [1.807, 2.05) is 0 Å².